The van der Waals surface area contributed by atoms with Crippen molar-refractivity contribution in [1.29, 1.82) is 0 Å². The molecule has 0 radical (unpaired) electrons. The van der Waals surface area contributed by atoms with E-state index in [9.17, 15) is 9.90 Å². The quantitative estimate of drug-likeness (QED) is 0.849. The van der Waals surface area contributed by atoms with E-state index in [2.05, 4.69) is 21.2 Å². The highest BCUT2D eigenvalue weighted by atomic mass is 79.9. The number of halogens is 1. The topological polar surface area (TPSA) is 54.3 Å². The van der Waals surface area contributed by atoms with E-state index in [1.165, 1.54) is 0 Å². The zero-order valence-electron chi connectivity index (χ0n) is 10.8. The van der Waals surface area contributed by atoms with Gasteiger partial charge in [0, 0.05) is 22.9 Å². The highest BCUT2D eigenvalue weighted by molar-refractivity contribution is 9.10. The summed E-state index contributed by atoms with van der Waals surface area (Å²) in [6.07, 6.45) is 1.87. The lowest BCUT2D eigenvalue weighted by molar-refractivity contribution is 0.101. The monoisotopic (exact) mass is 322 g/mol. The Morgan fingerprint density at radius 1 is 1.42 bits per heavy atom. The molecule has 0 saturated heterocycles. The van der Waals surface area contributed by atoms with Crippen LogP contribution in [0.3, 0.4) is 0 Å². The van der Waals surface area contributed by atoms with Gasteiger partial charge in [-0.25, -0.2) is 0 Å². The van der Waals surface area contributed by atoms with E-state index in [1.54, 1.807) is 24.3 Å². The third kappa shape index (κ3) is 2.98. The number of rotatable bonds is 3. The number of nitrogens with one attached hydrogen (secondary N) is 1. The first-order valence-electron chi connectivity index (χ1n) is 5.98. The fourth-order valence-electron chi connectivity index (χ4n) is 1.90. The van der Waals surface area contributed by atoms with Crippen molar-refractivity contribution in [3.05, 3.63) is 46.2 Å². The number of anilines is 1. The van der Waals surface area contributed by atoms with Gasteiger partial charge in [-0.2, -0.15) is 0 Å². The molecule has 4 nitrogen and oxygen atoms in total. The van der Waals surface area contributed by atoms with Crippen LogP contribution < -0.4 is 5.32 Å². The van der Waals surface area contributed by atoms with Gasteiger partial charge in [0.2, 0.25) is 0 Å². The predicted octanol–water partition coefficient (Wildman–Crippen LogP) is 3.54. The summed E-state index contributed by atoms with van der Waals surface area (Å²) >= 11 is 3.37. The highest BCUT2D eigenvalue weighted by Crippen LogP contribution is 2.22. The fourth-order valence-corrected chi connectivity index (χ4v) is 2.37. The van der Waals surface area contributed by atoms with Gasteiger partial charge in [0.15, 0.2) is 0 Å². The molecule has 19 heavy (non-hydrogen) atoms. The zero-order valence-corrected chi connectivity index (χ0v) is 12.4. The van der Waals surface area contributed by atoms with Gasteiger partial charge in [-0.1, -0.05) is 0 Å². The first kappa shape index (κ1) is 13.7. The lowest BCUT2D eigenvalue weighted by atomic mass is 10.2. The molecule has 5 heteroatoms. The normalized spacial score (nSPS) is 10.5. The molecule has 0 bridgehead atoms. The zero-order chi connectivity index (χ0) is 14.0. The molecule has 0 fully saturated rings. The molecule has 0 saturated carbocycles. The van der Waals surface area contributed by atoms with E-state index < -0.39 is 0 Å². The molecule has 1 amide bonds. The number of amides is 1. The molecule has 0 unspecified atom stereocenters. The van der Waals surface area contributed by atoms with Crippen LogP contribution in [0, 0.1) is 6.92 Å². The molecule has 2 aromatic rings. The molecule has 0 spiro atoms. The minimum atomic E-state index is -0.165. The molecular formula is C14H15BrN2O2. The van der Waals surface area contributed by atoms with Crippen LogP contribution in [0.15, 0.2) is 34.9 Å². The summed E-state index contributed by atoms with van der Waals surface area (Å²) in [5, 5.41) is 12.2. The number of nitrogens with zero attached hydrogens (tertiary/aromatic N) is 1. The summed E-state index contributed by atoms with van der Waals surface area (Å²) in [7, 11) is 0. The average Bonchev–Trinajstić information content (AvgIpc) is 2.74. The van der Waals surface area contributed by atoms with Crippen molar-refractivity contribution in [1.82, 2.24) is 4.57 Å². The molecule has 0 aliphatic carbocycles. The number of carbonyl (C=O) groups is 1. The number of phenols is 1. The van der Waals surface area contributed by atoms with Gasteiger partial charge >= 0.3 is 0 Å². The Morgan fingerprint density at radius 3 is 2.79 bits per heavy atom. The smallest absolute Gasteiger partial charge is 0.272 e. The minimum absolute atomic E-state index is 0.165. The maximum atomic E-state index is 12.2. The molecule has 1 aromatic carbocycles. The number of hydrogen-bond donors (Lipinski definition) is 2. The van der Waals surface area contributed by atoms with Crippen LogP contribution in [0.4, 0.5) is 5.69 Å². The Hall–Kier alpha value is -1.75. The SMILES string of the molecule is CCn1cc(Br)cc1C(=O)Nc1ccc(O)cc1C. The molecule has 2 N–H and O–H groups in total. The van der Waals surface area contributed by atoms with Gasteiger partial charge in [0.25, 0.3) is 5.91 Å². The molecule has 0 aliphatic rings. The predicted molar refractivity (Wildman–Crippen MR) is 78.6 cm³/mol. The number of carbonyl (C=O) groups excluding carboxylic acids is 1. The summed E-state index contributed by atoms with van der Waals surface area (Å²) < 4.78 is 2.75. The minimum Gasteiger partial charge on any atom is -0.508 e. The van der Waals surface area contributed by atoms with Crippen molar-refractivity contribution in [3.8, 4) is 5.75 Å². The molecule has 1 aromatic heterocycles. The van der Waals surface area contributed by atoms with Crippen LogP contribution in [0.1, 0.15) is 23.0 Å². The van der Waals surface area contributed by atoms with Crippen LogP contribution >= 0.6 is 15.9 Å². The van der Waals surface area contributed by atoms with Crippen molar-refractivity contribution >= 4 is 27.5 Å². The lowest BCUT2D eigenvalue weighted by Gasteiger charge is -2.10. The Balaban J connectivity index is 2.25. The highest BCUT2D eigenvalue weighted by Gasteiger charge is 2.13. The van der Waals surface area contributed by atoms with Crippen LogP contribution in [-0.4, -0.2) is 15.6 Å². The number of aromatic hydroxyl groups is 1. The number of benzene rings is 1. The molecule has 100 valence electrons. The van der Waals surface area contributed by atoms with Crippen molar-refractivity contribution in [2.24, 2.45) is 0 Å². The van der Waals surface area contributed by atoms with Crippen molar-refractivity contribution < 1.29 is 9.90 Å². The Kier molecular flexibility index (Phi) is 3.95. The van der Waals surface area contributed by atoms with Gasteiger partial charge in [-0.05, 0) is 59.6 Å². The van der Waals surface area contributed by atoms with Gasteiger partial charge in [-0.3, -0.25) is 4.79 Å². The van der Waals surface area contributed by atoms with E-state index in [1.807, 2.05) is 24.6 Å². The van der Waals surface area contributed by atoms with E-state index >= 15 is 0 Å². The van der Waals surface area contributed by atoms with E-state index in [-0.39, 0.29) is 11.7 Å². The Bertz CT molecular complexity index is 620. The summed E-state index contributed by atoms with van der Waals surface area (Å²) in [6, 6.07) is 6.65. The third-order valence-electron chi connectivity index (χ3n) is 2.89. The first-order chi connectivity index (χ1) is 9.01. The van der Waals surface area contributed by atoms with Gasteiger partial charge in [0.1, 0.15) is 11.4 Å². The van der Waals surface area contributed by atoms with Gasteiger partial charge < -0.3 is 15.0 Å². The second kappa shape index (κ2) is 5.48. The van der Waals surface area contributed by atoms with Crippen LogP contribution in [0.5, 0.6) is 5.75 Å². The van der Waals surface area contributed by atoms with E-state index in [4.69, 9.17) is 0 Å². The standard InChI is InChI=1S/C14H15BrN2O2/c1-3-17-8-10(15)7-13(17)14(19)16-12-5-4-11(18)6-9(12)2/h4-8,18H,3H2,1-2H3,(H,16,19). The molecule has 0 aliphatic heterocycles. The maximum absolute atomic E-state index is 12.2. The second-order valence-corrected chi connectivity index (χ2v) is 5.20. The van der Waals surface area contributed by atoms with Crippen LogP contribution in [-0.2, 0) is 6.54 Å². The third-order valence-corrected chi connectivity index (χ3v) is 3.33. The molecular weight excluding hydrogens is 308 g/mol. The van der Waals surface area contributed by atoms with Crippen LogP contribution in [0.25, 0.3) is 0 Å². The van der Waals surface area contributed by atoms with Crippen LogP contribution in [0.2, 0.25) is 0 Å². The van der Waals surface area contributed by atoms with E-state index in [0.717, 1.165) is 16.6 Å². The van der Waals surface area contributed by atoms with Crippen molar-refractivity contribution in [2.45, 2.75) is 20.4 Å². The first-order valence-corrected chi connectivity index (χ1v) is 6.77. The van der Waals surface area contributed by atoms with Crippen molar-refractivity contribution in [2.75, 3.05) is 5.32 Å². The average molecular weight is 323 g/mol. The molecule has 1 heterocycles. The molecule has 0 atom stereocenters. The largest absolute Gasteiger partial charge is 0.508 e. The van der Waals surface area contributed by atoms with Gasteiger partial charge in [0.05, 0.1) is 0 Å². The Morgan fingerprint density at radius 2 is 2.16 bits per heavy atom. The number of aryl methyl sites for hydroxylation is 2. The number of phenolic OH excluding ortho intramolecular Hbond substituents is 1. The number of aromatic nitrogens is 1. The fraction of sp³-hybridized carbons (Fsp3) is 0.214. The van der Waals surface area contributed by atoms with Gasteiger partial charge in [-0.15, -0.1) is 0 Å². The lowest BCUT2D eigenvalue weighted by Crippen LogP contribution is -2.16. The summed E-state index contributed by atoms with van der Waals surface area (Å²) in [5.74, 6) is 0.0246. The Labute approximate surface area is 120 Å². The van der Waals surface area contributed by atoms with Crippen molar-refractivity contribution in [3.63, 3.8) is 0 Å². The molecule has 2 rings (SSSR count). The summed E-state index contributed by atoms with van der Waals surface area (Å²) in [4.78, 5) is 12.2. The van der Waals surface area contributed by atoms with E-state index in [0.29, 0.717) is 11.4 Å². The second-order valence-electron chi connectivity index (χ2n) is 4.28. The maximum Gasteiger partial charge on any atom is 0.272 e. The number of hydrogen-bond acceptors (Lipinski definition) is 2. The summed E-state index contributed by atoms with van der Waals surface area (Å²) in [5.41, 5.74) is 2.12. The summed E-state index contributed by atoms with van der Waals surface area (Å²) in [6.45, 7) is 4.54.